The lowest BCUT2D eigenvalue weighted by Crippen LogP contribution is -2.61. The van der Waals surface area contributed by atoms with Crippen molar-refractivity contribution in [1.29, 1.82) is 0 Å². The molecule has 4 nitrogen and oxygen atoms in total. The maximum Gasteiger partial charge on any atom is 0.252 e. The summed E-state index contributed by atoms with van der Waals surface area (Å²) in [7, 11) is 0. The molecule has 0 fully saturated rings. The van der Waals surface area contributed by atoms with E-state index in [0.29, 0.717) is 0 Å². The molecule has 598 valence electrons. The summed E-state index contributed by atoms with van der Waals surface area (Å²) in [4.78, 5) is 5.56. The van der Waals surface area contributed by atoms with Crippen LogP contribution in [0.3, 0.4) is 0 Å². The van der Waals surface area contributed by atoms with Crippen molar-refractivity contribution in [2.75, 3.05) is 9.80 Å². The monoisotopic (exact) mass is 1590 g/mol. The van der Waals surface area contributed by atoms with E-state index in [1.807, 2.05) is 0 Å². The average molecular weight is 1590 g/mol. The maximum absolute atomic E-state index is 2.79. The topological polar surface area (TPSA) is 16.3 Å². The van der Waals surface area contributed by atoms with Gasteiger partial charge in [0.15, 0.2) is 0 Å². The summed E-state index contributed by atoms with van der Waals surface area (Å²) in [6, 6.07) is 136. The molecule has 0 spiro atoms. The minimum Gasteiger partial charge on any atom is -0.310 e. The molecule has 17 aromatic carbocycles. The summed E-state index contributed by atoms with van der Waals surface area (Å²) in [5, 5.41) is 9.78. The van der Waals surface area contributed by atoms with Gasteiger partial charge in [-0.05, 0) is 253 Å². The van der Waals surface area contributed by atoms with Gasteiger partial charge in [-0.1, -0.05) is 340 Å². The molecule has 19 aromatic rings. The molecule has 21 rings (SSSR count). The Labute approximate surface area is 725 Å². The fraction of sp³-hybridized carbons (Fsp3) is 0.169. The second kappa shape index (κ2) is 28.6. The van der Waals surface area contributed by atoms with Gasteiger partial charge in [0.1, 0.15) is 0 Å². The molecule has 2 aliphatic rings. The third kappa shape index (κ3) is 12.9. The van der Waals surface area contributed by atoms with Crippen molar-refractivity contribution in [1.82, 2.24) is 9.13 Å². The predicted molar refractivity (Wildman–Crippen MR) is 530 cm³/mol. The van der Waals surface area contributed by atoms with Crippen LogP contribution in [-0.2, 0) is 27.1 Å². The largest absolute Gasteiger partial charge is 0.310 e. The minimum absolute atomic E-state index is 0.0935. The first-order valence-electron chi connectivity index (χ1n) is 44.0. The van der Waals surface area contributed by atoms with E-state index in [2.05, 4.69) is 475 Å². The van der Waals surface area contributed by atoms with Crippen LogP contribution in [-0.4, -0.2) is 15.8 Å². The third-order valence-corrected chi connectivity index (χ3v) is 26.6. The van der Waals surface area contributed by atoms with Crippen molar-refractivity contribution in [3.8, 4) is 78.1 Å². The first-order valence-corrected chi connectivity index (χ1v) is 44.0. The second-order valence-electron chi connectivity index (χ2n) is 39.7. The zero-order valence-corrected chi connectivity index (χ0v) is 73.4. The van der Waals surface area contributed by atoms with E-state index in [1.54, 1.807) is 0 Å². The Kier molecular flexibility index (Phi) is 17.9. The first kappa shape index (κ1) is 76.9. The number of aromatic nitrogens is 2. The Hall–Kier alpha value is -13.5. The van der Waals surface area contributed by atoms with E-state index in [9.17, 15) is 0 Å². The number of rotatable bonds is 10. The zero-order valence-electron chi connectivity index (χ0n) is 73.4. The van der Waals surface area contributed by atoms with E-state index in [1.165, 1.54) is 115 Å². The summed E-state index contributed by atoms with van der Waals surface area (Å²) >= 11 is 0. The molecule has 5 heteroatoms. The lowest BCUT2D eigenvalue weighted by molar-refractivity contribution is 0.590. The Morgan fingerprint density at radius 2 is 0.528 bits per heavy atom. The van der Waals surface area contributed by atoms with Crippen molar-refractivity contribution >= 4 is 122 Å². The molecule has 2 aromatic heterocycles. The van der Waals surface area contributed by atoms with E-state index < -0.39 is 0 Å². The standard InChI is InChI=1S/C118H103BN4/c1-114(2,3)82-51-59-105-98(64-82)96-61-79(74-35-21-16-22-36-74)49-57-103(96)120(105)87-53-55-101-107(72-87)122(112-92(76-39-25-18-26-40-76)66-84(116(7,8)9)67-93(112)77-41-27-19-28-42-77)109-70-86(118(13,14)15)71-110-111(109)119(101)102-56-54-88(121-104-58-50-80(75-37-23-17-24-38-75)62-97(104)99-65-83(115(4,5)6)52-60-106(99)121)73-108(102)123(110)113-94(78-43-29-20-30-44-78)68-85(117(10,11)12)69-100(113)95-63-81-45-31-32-46-89(81)90-47-33-34-48-91(90)95/h16-73H,1-15H3. The van der Waals surface area contributed by atoms with Gasteiger partial charge < -0.3 is 18.9 Å². The van der Waals surface area contributed by atoms with Gasteiger partial charge in [0.2, 0.25) is 0 Å². The first-order chi connectivity index (χ1) is 59.2. The highest BCUT2D eigenvalue weighted by Gasteiger charge is 2.47. The molecule has 0 saturated carbocycles. The van der Waals surface area contributed by atoms with E-state index in [-0.39, 0.29) is 33.8 Å². The zero-order chi connectivity index (χ0) is 84.5. The molecule has 0 radical (unpaired) electrons. The highest BCUT2D eigenvalue weighted by molar-refractivity contribution is 7.00. The third-order valence-electron chi connectivity index (χ3n) is 26.6. The molecule has 0 saturated heterocycles. The second-order valence-corrected chi connectivity index (χ2v) is 39.7. The molecule has 0 amide bonds. The van der Waals surface area contributed by atoms with Gasteiger partial charge in [-0.3, -0.25) is 0 Å². The van der Waals surface area contributed by atoms with Gasteiger partial charge in [-0.15, -0.1) is 0 Å². The highest BCUT2D eigenvalue weighted by Crippen LogP contribution is 2.57. The molecular formula is C118H103BN4. The molecule has 123 heavy (non-hydrogen) atoms. The van der Waals surface area contributed by atoms with Crippen molar-refractivity contribution in [3.05, 3.63) is 380 Å². The summed E-state index contributed by atoms with van der Waals surface area (Å²) in [6.07, 6.45) is 0. The molecule has 0 unspecified atom stereocenters. The Morgan fingerprint density at radius 1 is 0.203 bits per heavy atom. The quantitative estimate of drug-likeness (QED) is 0.100. The van der Waals surface area contributed by atoms with E-state index in [4.69, 9.17) is 0 Å². The molecular weight excluding hydrogens is 1480 g/mol. The Balaban J connectivity index is 0.947. The molecule has 4 heterocycles. The molecule has 0 bridgehead atoms. The van der Waals surface area contributed by atoms with Crippen LogP contribution in [0.15, 0.2) is 352 Å². The highest BCUT2D eigenvalue weighted by atomic mass is 15.2. The van der Waals surface area contributed by atoms with Crippen LogP contribution >= 0.6 is 0 Å². The molecule has 0 N–H and O–H groups in total. The van der Waals surface area contributed by atoms with Crippen LogP contribution in [0, 0.1) is 0 Å². The number of anilines is 6. The minimum atomic E-state index is -0.389. The maximum atomic E-state index is 2.79. The van der Waals surface area contributed by atoms with Gasteiger partial charge in [-0.25, -0.2) is 0 Å². The van der Waals surface area contributed by atoms with Crippen LogP contribution in [0.2, 0.25) is 0 Å². The summed E-state index contributed by atoms with van der Waals surface area (Å²) in [6.45, 7) is 35.3. The SMILES string of the molecule is CC(C)(C)c1cc(-c2ccccc2)c(N2c3cc(-n4c5ccc(-c6ccccc6)cc5c5cc(C(C)(C)C)ccc54)ccc3B3c4ccc(-n5c6ccc(-c7ccccc7)cc6c6cc(C(C)(C)C)ccc65)cc4N(c4c(-c5ccccc5)cc(C(C)(C)C)cc4-c4cc5ccccc5c5ccccc45)c4cc(C(C)(C)C)cc2c43)c(-c2ccccc2)c1. The van der Waals surface area contributed by atoms with Crippen LogP contribution in [0.4, 0.5) is 34.1 Å². The predicted octanol–water partition coefficient (Wildman–Crippen LogP) is 30.8. The van der Waals surface area contributed by atoms with Gasteiger partial charge >= 0.3 is 0 Å². The summed E-state index contributed by atoms with van der Waals surface area (Å²) in [5.74, 6) is 0. The smallest absolute Gasteiger partial charge is 0.252 e. The van der Waals surface area contributed by atoms with Gasteiger partial charge in [0.05, 0.1) is 33.4 Å². The van der Waals surface area contributed by atoms with Gasteiger partial charge in [-0.2, -0.15) is 0 Å². The summed E-state index contributed by atoms with van der Waals surface area (Å²) < 4.78 is 5.15. The Bertz CT molecular complexity index is 7420. The van der Waals surface area contributed by atoms with Crippen molar-refractivity contribution in [2.24, 2.45) is 0 Å². The van der Waals surface area contributed by atoms with Crippen LogP contribution in [0.25, 0.3) is 143 Å². The van der Waals surface area contributed by atoms with Crippen molar-refractivity contribution in [2.45, 2.75) is 131 Å². The average Bonchev–Trinajstić information content (AvgIpc) is 1.47. The number of fused-ring (bicyclic) bond motifs is 13. The number of hydrogen-bond acceptors (Lipinski definition) is 2. The van der Waals surface area contributed by atoms with Crippen LogP contribution in [0.5, 0.6) is 0 Å². The van der Waals surface area contributed by atoms with E-state index >= 15 is 0 Å². The number of hydrogen-bond donors (Lipinski definition) is 0. The van der Waals surface area contributed by atoms with Crippen molar-refractivity contribution < 1.29 is 0 Å². The lowest BCUT2D eigenvalue weighted by atomic mass is 9.33. The number of nitrogens with zero attached hydrogens (tertiary/aromatic N) is 4. The van der Waals surface area contributed by atoms with Gasteiger partial charge in [0.25, 0.3) is 6.71 Å². The summed E-state index contributed by atoms with van der Waals surface area (Å²) in [5.41, 5.74) is 36.6. The van der Waals surface area contributed by atoms with E-state index in [0.717, 1.165) is 107 Å². The van der Waals surface area contributed by atoms with Crippen molar-refractivity contribution in [3.63, 3.8) is 0 Å². The van der Waals surface area contributed by atoms with Gasteiger partial charge in [0, 0.05) is 77.9 Å². The fourth-order valence-electron chi connectivity index (χ4n) is 19.9. The van der Waals surface area contributed by atoms with Crippen LogP contribution in [0.1, 0.15) is 132 Å². The lowest BCUT2D eigenvalue weighted by Gasteiger charge is -2.47. The molecule has 0 atom stereocenters. The Morgan fingerprint density at radius 3 is 0.927 bits per heavy atom. The van der Waals surface area contributed by atoms with Crippen LogP contribution < -0.4 is 26.2 Å². The fourth-order valence-corrected chi connectivity index (χ4v) is 19.9. The molecule has 2 aliphatic heterocycles. The molecule has 0 aliphatic carbocycles. The normalized spacial score (nSPS) is 13.1. The number of benzene rings is 17.